The molecule has 0 unspecified atom stereocenters. The molecule has 0 saturated carbocycles. The topological polar surface area (TPSA) is 9.23 Å². The highest BCUT2D eigenvalue weighted by Gasteiger charge is 2.14. The van der Waals surface area contributed by atoms with E-state index in [4.69, 9.17) is 4.84 Å². The summed E-state index contributed by atoms with van der Waals surface area (Å²) < 4.78 is 0.628. The Labute approximate surface area is 70.0 Å². The van der Waals surface area contributed by atoms with E-state index in [2.05, 4.69) is 27.6 Å². The van der Waals surface area contributed by atoms with Crippen LogP contribution in [0.2, 0.25) is 0 Å². The fourth-order valence-corrected chi connectivity index (χ4v) is 0.888. The molecule has 0 amide bonds. The molecular weight excluding hydrogens is 138 g/mol. The van der Waals surface area contributed by atoms with Crippen molar-refractivity contribution in [1.82, 2.24) is 0 Å². The first-order chi connectivity index (χ1) is 4.98. The first-order valence-corrected chi connectivity index (χ1v) is 4.10. The van der Waals surface area contributed by atoms with Gasteiger partial charge in [-0.15, -0.1) is 0 Å². The third kappa shape index (κ3) is 6.07. The predicted molar refractivity (Wildman–Crippen MR) is 48.0 cm³/mol. The Morgan fingerprint density at radius 3 is 2.36 bits per heavy atom. The zero-order valence-corrected chi connectivity index (χ0v) is 8.18. The first kappa shape index (κ1) is 10.7. The summed E-state index contributed by atoms with van der Waals surface area (Å²) in [5, 5.41) is 0. The van der Waals surface area contributed by atoms with Crippen LogP contribution in [0.3, 0.4) is 0 Å². The van der Waals surface area contributed by atoms with Crippen molar-refractivity contribution >= 4 is 0 Å². The molecule has 66 valence electrons. The van der Waals surface area contributed by atoms with Crippen molar-refractivity contribution < 1.29 is 9.48 Å². The molecule has 0 N–H and O–H groups in total. The van der Waals surface area contributed by atoms with E-state index >= 15 is 0 Å². The largest absolute Gasteiger partial charge is 0.199 e. The second-order valence-corrected chi connectivity index (χ2v) is 3.53. The SMILES string of the molecule is C=C(C)CO[N+](C)(C)CCC. The molecule has 0 fully saturated rings. The van der Waals surface area contributed by atoms with Gasteiger partial charge in [-0.3, -0.25) is 0 Å². The molecule has 0 aliphatic heterocycles. The molecule has 11 heavy (non-hydrogen) atoms. The van der Waals surface area contributed by atoms with Gasteiger partial charge in [0.15, 0.2) is 0 Å². The van der Waals surface area contributed by atoms with Gasteiger partial charge in [-0.2, -0.15) is 9.48 Å². The van der Waals surface area contributed by atoms with Crippen molar-refractivity contribution in [2.75, 3.05) is 27.2 Å². The van der Waals surface area contributed by atoms with Gasteiger partial charge in [0.05, 0.1) is 14.1 Å². The Morgan fingerprint density at radius 1 is 1.45 bits per heavy atom. The molecule has 0 spiro atoms. The summed E-state index contributed by atoms with van der Waals surface area (Å²) in [7, 11) is 4.12. The van der Waals surface area contributed by atoms with Gasteiger partial charge < -0.3 is 0 Å². The Hall–Kier alpha value is -0.340. The van der Waals surface area contributed by atoms with Crippen LogP contribution in [0.15, 0.2) is 12.2 Å². The van der Waals surface area contributed by atoms with Gasteiger partial charge in [-0.05, 0) is 18.9 Å². The van der Waals surface area contributed by atoms with Crippen LogP contribution in [0.1, 0.15) is 20.3 Å². The molecule has 0 aromatic rings. The van der Waals surface area contributed by atoms with Crippen molar-refractivity contribution in [2.45, 2.75) is 20.3 Å². The van der Waals surface area contributed by atoms with Gasteiger partial charge in [0, 0.05) is 0 Å². The van der Waals surface area contributed by atoms with E-state index in [1.165, 1.54) is 0 Å². The van der Waals surface area contributed by atoms with Gasteiger partial charge >= 0.3 is 0 Å². The van der Waals surface area contributed by atoms with Crippen molar-refractivity contribution in [3.05, 3.63) is 12.2 Å². The minimum Gasteiger partial charge on any atom is -0.199 e. The highest BCUT2D eigenvalue weighted by atomic mass is 16.7. The molecule has 0 aliphatic rings. The Balaban J connectivity index is 3.63. The summed E-state index contributed by atoms with van der Waals surface area (Å²) >= 11 is 0. The average molecular weight is 158 g/mol. The maximum atomic E-state index is 5.57. The van der Waals surface area contributed by atoms with E-state index in [0.29, 0.717) is 11.3 Å². The number of quaternary nitrogens is 1. The number of hydroxylamine groups is 3. The summed E-state index contributed by atoms with van der Waals surface area (Å²) in [6.07, 6.45) is 1.14. The number of rotatable bonds is 5. The quantitative estimate of drug-likeness (QED) is 0.338. The maximum Gasteiger partial charge on any atom is 0.127 e. The van der Waals surface area contributed by atoms with E-state index in [-0.39, 0.29) is 0 Å². The molecule has 0 aliphatic carbocycles. The fourth-order valence-electron chi connectivity index (χ4n) is 0.888. The van der Waals surface area contributed by atoms with Crippen molar-refractivity contribution in [1.29, 1.82) is 0 Å². The van der Waals surface area contributed by atoms with Crippen LogP contribution in [-0.4, -0.2) is 31.9 Å². The molecule has 2 heteroatoms. The van der Waals surface area contributed by atoms with Gasteiger partial charge in [0.25, 0.3) is 0 Å². The van der Waals surface area contributed by atoms with Gasteiger partial charge in [0.2, 0.25) is 0 Å². The van der Waals surface area contributed by atoms with E-state index in [1.54, 1.807) is 0 Å². The number of nitrogens with zero attached hydrogens (tertiary/aromatic N) is 1. The van der Waals surface area contributed by atoms with Gasteiger partial charge in [-0.1, -0.05) is 13.5 Å². The van der Waals surface area contributed by atoms with Crippen LogP contribution in [0, 0.1) is 0 Å². The third-order valence-electron chi connectivity index (χ3n) is 1.42. The van der Waals surface area contributed by atoms with Crippen LogP contribution in [0.5, 0.6) is 0 Å². The monoisotopic (exact) mass is 158 g/mol. The molecule has 0 bridgehead atoms. The van der Waals surface area contributed by atoms with Gasteiger partial charge in [-0.25, -0.2) is 0 Å². The van der Waals surface area contributed by atoms with Crippen LogP contribution < -0.4 is 0 Å². The van der Waals surface area contributed by atoms with Gasteiger partial charge in [0.1, 0.15) is 13.2 Å². The second kappa shape index (κ2) is 4.52. The van der Waals surface area contributed by atoms with Crippen molar-refractivity contribution in [3.8, 4) is 0 Å². The lowest BCUT2D eigenvalue weighted by Gasteiger charge is -2.26. The molecule has 0 aromatic heterocycles. The smallest absolute Gasteiger partial charge is 0.127 e. The lowest BCUT2D eigenvalue weighted by molar-refractivity contribution is -1.08. The first-order valence-electron chi connectivity index (χ1n) is 4.10. The lowest BCUT2D eigenvalue weighted by Crippen LogP contribution is -2.40. The number of hydrogen-bond acceptors (Lipinski definition) is 1. The fraction of sp³-hybridized carbons (Fsp3) is 0.778. The maximum absolute atomic E-state index is 5.57. The molecule has 0 atom stereocenters. The summed E-state index contributed by atoms with van der Waals surface area (Å²) in [5.41, 5.74) is 1.08. The molecule has 0 rings (SSSR count). The molecule has 0 aromatic carbocycles. The van der Waals surface area contributed by atoms with E-state index in [9.17, 15) is 0 Å². The molecule has 0 saturated heterocycles. The normalized spacial score (nSPS) is 11.6. The molecule has 2 nitrogen and oxygen atoms in total. The summed E-state index contributed by atoms with van der Waals surface area (Å²) in [6.45, 7) is 9.63. The predicted octanol–water partition coefficient (Wildman–Crippen LogP) is 1.98. The third-order valence-corrected chi connectivity index (χ3v) is 1.42. The minimum atomic E-state index is 0.628. The van der Waals surface area contributed by atoms with Crippen LogP contribution >= 0.6 is 0 Å². The molecule has 0 radical (unpaired) electrons. The van der Waals surface area contributed by atoms with Crippen LogP contribution in [-0.2, 0) is 4.84 Å². The van der Waals surface area contributed by atoms with Crippen molar-refractivity contribution in [2.24, 2.45) is 0 Å². The lowest BCUT2D eigenvalue weighted by atomic mass is 10.4. The second-order valence-electron chi connectivity index (χ2n) is 3.53. The standard InChI is InChI=1S/C9H20NO/c1-6-7-10(4,5)11-8-9(2)3/h2,6-8H2,1,3-5H3/q+1. The van der Waals surface area contributed by atoms with Crippen LogP contribution in [0.25, 0.3) is 0 Å². The van der Waals surface area contributed by atoms with Crippen LogP contribution in [0.4, 0.5) is 0 Å². The minimum absolute atomic E-state index is 0.628. The summed E-state index contributed by atoms with van der Waals surface area (Å²) in [6, 6.07) is 0. The molecular formula is C9H20NO+. The summed E-state index contributed by atoms with van der Waals surface area (Å²) in [5.74, 6) is 0. The Bertz CT molecular complexity index is 130. The Kier molecular flexibility index (Phi) is 4.38. The van der Waals surface area contributed by atoms with E-state index in [0.717, 1.165) is 18.5 Å². The average Bonchev–Trinajstić information content (AvgIpc) is 1.84. The highest BCUT2D eigenvalue weighted by Crippen LogP contribution is 2.02. The zero-order chi connectivity index (χ0) is 8.91. The van der Waals surface area contributed by atoms with Crippen molar-refractivity contribution in [3.63, 3.8) is 0 Å². The highest BCUT2D eigenvalue weighted by molar-refractivity contribution is 4.86. The summed E-state index contributed by atoms with van der Waals surface area (Å²) in [4.78, 5) is 5.57. The molecule has 0 heterocycles. The Morgan fingerprint density at radius 2 is 2.00 bits per heavy atom. The van der Waals surface area contributed by atoms with E-state index < -0.39 is 0 Å². The van der Waals surface area contributed by atoms with E-state index in [1.807, 2.05) is 6.92 Å². The number of hydrogen-bond donors (Lipinski definition) is 0. The zero-order valence-electron chi connectivity index (χ0n) is 8.18.